The van der Waals surface area contributed by atoms with Crippen molar-refractivity contribution in [2.45, 2.75) is 25.8 Å². The van der Waals surface area contributed by atoms with Crippen molar-refractivity contribution in [1.29, 1.82) is 0 Å². The third-order valence-corrected chi connectivity index (χ3v) is 4.33. The van der Waals surface area contributed by atoms with Gasteiger partial charge in [0.05, 0.1) is 20.3 Å². The van der Waals surface area contributed by atoms with Crippen LogP contribution in [0.1, 0.15) is 19.8 Å². The van der Waals surface area contributed by atoms with Gasteiger partial charge in [-0.1, -0.05) is 6.92 Å². The number of hydrogen-bond acceptors (Lipinski definition) is 5. The van der Waals surface area contributed by atoms with Crippen molar-refractivity contribution in [2.75, 3.05) is 38.8 Å². The molecule has 1 aliphatic rings. The highest BCUT2D eigenvalue weighted by Crippen LogP contribution is 2.31. The van der Waals surface area contributed by atoms with E-state index in [4.69, 9.17) is 15.2 Å². The quantitative estimate of drug-likeness (QED) is 0.742. The molecule has 0 radical (unpaired) electrons. The Kier molecular flexibility index (Phi) is 10.7. The highest BCUT2D eigenvalue weighted by atomic mass is 35.5. The van der Waals surface area contributed by atoms with E-state index in [1.165, 1.54) is 0 Å². The first-order valence-corrected chi connectivity index (χ1v) is 8.08. The van der Waals surface area contributed by atoms with Gasteiger partial charge in [0.25, 0.3) is 0 Å². The van der Waals surface area contributed by atoms with Crippen LogP contribution >= 0.6 is 24.8 Å². The molecule has 0 aliphatic carbocycles. The number of nitrogens with zero attached hydrogens (tertiary/aromatic N) is 1. The van der Waals surface area contributed by atoms with Gasteiger partial charge >= 0.3 is 0 Å². The fraction of sp³-hybridized carbons (Fsp3) is 0.588. The van der Waals surface area contributed by atoms with Crippen LogP contribution in [0.25, 0.3) is 0 Å². The maximum absolute atomic E-state index is 11.8. The minimum Gasteiger partial charge on any atom is -0.497 e. The molecule has 144 valence electrons. The maximum Gasteiger partial charge on any atom is 0.236 e. The Labute approximate surface area is 162 Å². The second-order valence-corrected chi connectivity index (χ2v) is 5.93. The number of nitrogens with two attached hydrogens (primary N) is 1. The lowest BCUT2D eigenvalue weighted by atomic mass is 10.1. The number of ether oxygens (including phenoxy) is 2. The Hall–Kier alpha value is -1.37. The monoisotopic (exact) mass is 393 g/mol. The van der Waals surface area contributed by atoms with E-state index in [2.05, 4.69) is 10.2 Å². The molecule has 8 heteroatoms. The van der Waals surface area contributed by atoms with Crippen molar-refractivity contribution in [3.63, 3.8) is 0 Å². The molecule has 2 rings (SSSR count). The zero-order valence-corrected chi connectivity index (χ0v) is 16.6. The second-order valence-electron chi connectivity index (χ2n) is 5.93. The summed E-state index contributed by atoms with van der Waals surface area (Å²) >= 11 is 0. The first-order valence-electron chi connectivity index (χ1n) is 8.08. The minimum atomic E-state index is -0.407. The summed E-state index contributed by atoms with van der Waals surface area (Å²) in [5.41, 5.74) is 6.82. The molecular weight excluding hydrogens is 365 g/mol. The number of benzene rings is 1. The molecule has 2 atom stereocenters. The number of anilines is 1. The molecule has 0 spiro atoms. The summed E-state index contributed by atoms with van der Waals surface area (Å²) in [5, 5.41) is 2.95. The summed E-state index contributed by atoms with van der Waals surface area (Å²) < 4.78 is 10.6. The Morgan fingerprint density at radius 3 is 2.40 bits per heavy atom. The van der Waals surface area contributed by atoms with Gasteiger partial charge in [-0.15, -0.1) is 24.8 Å². The highest BCUT2D eigenvalue weighted by Gasteiger charge is 2.24. The largest absolute Gasteiger partial charge is 0.497 e. The number of hydrogen-bond donors (Lipinski definition) is 2. The van der Waals surface area contributed by atoms with Crippen LogP contribution in [0, 0.1) is 5.92 Å². The van der Waals surface area contributed by atoms with Gasteiger partial charge in [0.1, 0.15) is 11.5 Å². The van der Waals surface area contributed by atoms with Gasteiger partial charge < -0.3 is 25.4 Å². The molecule has 1 heterocycles. The maximum atomic E-state index is 11.8. The first kappa shape index (κ1) is 23.6. The molecule has 6 nitrogen and oxygen atoms in total. The number of rotatable bonds is 7. The Balaban J connectivity index is 0.00000288. The lowest BCUT2D eigenvalue weighted by molar-refractivity contribution is -0.122. The van der Waals surface area contributed by atoms with Crippen LogP contribution in [-0.4, -0.2) is 45.8 Å². The topological polar surface area (TPSA) is 76.8 Å². The van der Waals surface area contributed by atoms with Crippen molar-refractivity contribution in [3.8, 4) is 11.5 Å². The van der Waals surface area contributed by atoms with E-state index < -0.39 is 6.04 Å². The number of methoxy groups -OCH3 is 2. The van der Waals surface area contributed by atoms with Crippen molar-refractivity contribution in [3.05, 3.63) is 18.2 Å². The van der Waals surface area contributed by atoms with Crippen LogP contribution in [0.15, 0.2) is 18.2 Å². The molecule has 1 aromatic rings. The smallest absolute Gasteiger partial charge is 0.236 e. The number of nitrogens with one attached hydrogen (secondary N) is 1. The molecule has 1 saturated heterocycles. The molecule has 3 N–H and O–H groups in total. The molecular formula is C17H29Cl2N3O3. The third-order valence-electron chi connectivity index (χ3n) is 4.33. The van der Waals surface area contributed by atoms with Crippen LogP contribution in [0.4, 0.5) is 5.69 Å². The Bertz CT molecular complexity index is 524. The van der Waals surface area contributed by atoms with Crippen molar-refractivity contribution in [2.24, 2.45) is 11.7 Å². The fourth-order valence-corrected chi connectivity index (χ4v) is 2.77. The molecule has 25 heavy (non-hydrogen) atoms. The van der Waals surface area contributed by atoms with E-state index in [-0.39, 0.29) is 30.7 Å². The summed E-state index contributed by atoms with van der Waals surface area (Å²) in [6.07, 6.45) is 1.70. The molecule has 1 amide bonds. The van der Waals surface area contributed by atoms with Crippen LogP contribution in [0.5, 0.6) is 11.5 Å². The third kappa shape index (κ3) is 6.45. The average molecular weight is 394 g/mol. The van der Waals surface area contributed by atoms with Gasteiger partial charge in [0, 0.05) is 43.5 Å². The van der Waals surface area contributed by atoms with Gasteiger partial charge in [-0.25, -0.2) is 0 Å². The molecule has 1 unspecified atom stereocenters. The zero-order valence-electron chi connectivity index (χ0n) is 15.0. The molecule has 0 aromatic heterocycles. The van der Waals surface area contributed by atoms with Gasteiger partial charge in [0.15, 0.2) is 0 Å². The number of amides is 1. The SMILES string of the molecule is CC[C@H](N)C(=O)NCC1CCN(c2cc(OC)cc(OC)c2)C1.Cl.Cl. The van der Waals surface area contributed by atoms with E-state index in [9.17, 15) is 4.79 Å². The van der Waals surface area contributed by atoms with E-state index in [1.54, 1.807) is 14.2 Å². The highest BCUT2D eigenvalue weighted by molar-refractivity contribution is 5.85. The second kappa shape index (κ2) is 11.3. The number of carbonyl (C=O) groups is 1. The Morgan fingerprint density at radius 2 is 1.88 bits per heavy atom. The molecule has 0 saturated carbocycles. The summed E-state index contributed by atoms with van der Waals surface area (Å²) in [7, 11) is 3.30. The van der Waals surface area contributed by atoms with E-state index in [1.807, 2.05) is 25.1 Å². The predicted molar refractivity (Wildman–Crippen MR) is 106 cm³/mol. The van der Waals surface area contributed by atoms with Crippen molar-refractivity contribution < 1.29 is 14.3 Å². The normalized spacial score (nSPS) is 17.1. The number of carbonyl (C=O) groups excluding carboxylic acids is 1. The minimum absolute atomic E-state index is 0. The predicted octanol–water partition coefficient (Wildman–Crippen LogP) is 2.23. The fourth-order valence-electron chi connectivity index (χ4n) is 2.77. The summed E-state index contributed by atoms with van der Waals surface area (Å²) in [6, 6.07) is 5.48. The van der Waals surface area contributed by atoms with E-state index >= 15 is 0 Å². The average Bonchev–Trinajstić information content (AvgIpc) is 3.07. The van der Waals surface area contributed by atoms with Crippen LogP contribution in [-0.2, 0) is 4.79 Å². The molecule has 0 bridgehead atoms. The standard InChI is InChI=1S/C17H27N3O3.2ClH/c1-4-16(18)17(21)19-10-12-5-6-20(11-12)13-7-14(22-2)9-15(8-13)23-3;;/h7-9,12,16H,4-6,10-11,18H2,1-3H3,(H,19,21);2*1H/t12?,16-;;/m0../s1. The number of halogens is 2. The van der Waals surface area contributed by atoms with Crippen LogP contribution in [0.3, 0.4) is 0 Å². The van der Waals surface area contributed by atoms with Crippen LogP contribution < -0.4 is 25.4 Å². The summed E-state index contributed by atoms with van der Waals surface area (Å²) in [6.45, 7) is 4.44. The lowest BCUT2D eigenvalue weighted by Crippen LogP contribution is -2.42. The Morgan fingerprint density at radius 1 is 1.28 bits per heavy atom. The van der Waals surface area contributed by atoms with Crippen molar-refractivity contribution >= 4 is 36.4 Å². The molecule has 1 aliphatic heterocycles. The summed E-state index contributed by atoms with van der Waals surface area (Å²) in [5.74, 6) is 1.93. The molecule has 1 aromatic carbocycles. The van der Waals surface area contributed by atoms with E-state index in [0.29, 0.717) is 18.9 Å². The van der Waals surface area contributed by atoms with E-state index in [0.717, 1.165) is 36.7 Å². The van der Waals surface area contributed by atoms with Gasteiger partial charge in [-0.3, -0.25) is 4.79 Å². The van der Waals surface area contributed by atoms with Crippen LogP contribution in [0.2, 0.25) is 0 Å². The van der Waals surface area contributed by atoms with Gasteiger partial charge in [-0.05, 0) is 18.8 Å². The van der Waals surface area contributed by atoms with Gasteiger partial charge in [-0.2, -0.15) is 0 Å². The first-order chi connectivity index (χ1) is 11.1. The zero-order chi connectivity index (χ0) is 16.8. The summed E-state index contributed by atoms with van der Waals surface area (Å²) in [4.78, 5) is 14.1. The van der Waals surface area contributed by atoms with Gasteiger partial charge in [0.2, 0.25) is 5.91 Å². The molecule has 1 fully saturated rings. The van der Waals surface area contributed by atoms with Crippen molar-refractivity contribution in [1.82, 2.24) is 5.32 Å². The lowest BCUT2D eigenvalue weighted by Gasteiger charge is -2.20.